The van der Waals surface area contributed by atoms with Crippen molar-refractivity contribution >= 4 is 34.8 Å². The lowest BCUT2D eigenvalue weighted by Crippen LogP contribution is -2.41. The maximum absolute atomic E-state index is 13.0. The number of aryl methyl sites for hydroxylation is 1. The number of carbonyl (C=O) groups is 1. The van der Waals surface area contributed by atoms with Crippen LogP contribution in [0, 0.1) is 12.8 Å². The van der Waals surface area contributed by atoms with Crippen molar-refractivity contribution in [1.82, 2.24) is 9.97 Å². The molecule has 2 fully saturated rings. The number of halogens is 2. The van der Waals surface area contributed by atoms with Gasteiger partial charge in [-0.15, -0.1) is 0 Å². The first-order valence-corrected chi connectivity index (χ1v) is 9.07. The van der Waals surface area contributed by atoms with E-state index in [4.69, 9.17) is 27.9 Å². The number of fused-ring (bicyclic) bond motifs is 2. The third-order valence-corrected chi connectivity index (χ3v) is 5.68. The molecule has 0 aromatic carbocycles. The van der Waals surface area contributed by atoms with Crippen LogP contribution in [0.3, 0.4) is 0 Å². The van der Waals surface area contributed by atoms with Gasteiger partial charge in [-0.3, -0.25) is 9.78 Å². The molecular formula is C18H17Cl2N3O3. The minimum absolute atomic E-state index is 0.182. The molecular weight excluding hydrogens is 377 g/mol. The number of aliphatic hydroxyl groups excluding tert-OH is 1. The predicted octanol–water partition coefficient (Wildman–Crippen LogP) is 2.96. The number of ether oxygens (including phenoxy) is 1. The first kappa shape index (κ1) is 17.7. The minimum Gasteiger partial charge on any atom is -0.390 e. The monoisotopic (exact) mass is 393 g/mol. The molecule has 5 atom stereocenters. The summed E-state index contributed by atoms with van der Waals surface area (Å²) in [7, 11) is 0. The summed E-state index contributed by atoms with van der Waals surface area (Å²) in [6.07, 6.45) is 2.31. The Balaban J connectivity index is 1.62. The van der Waals surface area contributed by atoms with Crippen LogP contribution >= 0.6 is 23.2 Å². The first-order chi connectivity index (χ1) is 12.4. The van der Waals surface area contributed by atoms with Gasteiger partial charge in [0.05, 0.1) is 41.1 Å². The second-order valence-corrected chi connectivity index (χ2v) is 7.48. The molecule has 2 bridgehead atoms. The Morgan fingerprint density at radius 2 is 2.15 bits per heavy atom. The molecule has 8 heteroatoms. The fraction of sp³-hybridized carbons (Fsp3) is 0.389. The van der Waals surface area contributed by atoms with E-state index in [1.54, 1.807) is 12.3 Å². The molecule has 2 N–H and O–H groups in total. The number of nitrogens with one attached hydrogen (secondary N) is 1. The summed E-state index contributed by atoms with van der Waals surface area (Å²) in [5.74, 6) is -0.843. The van der Waals surface area contributed by atoms with Crippen LogP contribution < -0.4 is 5.32 Å². The highest BCUT2D eigenvalue weighted by atomic mass is 35.5. The average molecular weight is 394 g/mol. The van der Waals surface area contributed by atoms with E-state index in [9.17, 15) is 9.90 Å². The largest absolute Gasteiger partial charge is 0.390 e. The van der Waals surface area contributed by atoms with Crippen molar-refractivity contribution in [2.45, 2.75) is 37.6 Å². The Labute approximate surface area is 160 Å². The first-order valence-electron chi connectivity index (χ1n) is 8.32. The van der Waals surface area contributed by atoms with Crippen molar-refractivity contribution in [3.63, 3.8) is 0 Å². The van der Waals surface area contributed by atoms with Gasteiger partial charge in [0.1, 0.15) is 5.15 Å². The maximum Gasteiger partial charge on any atom is 0.230 e. The molecule has 4 rings (SSSR count). The number of anilines is 1. The van der Waals surface area contributed by atoms with Crippen molar-refractivity contribution in [2.75, 3.05) is 5.32 Å². The highest BCUT2D eigenvalue weighted by molar-refractivity contribution is 6.41. The summed E-state index contributed by atoms with van der Waals surface area (Å²) < 4.78 is 5.91. The summed E-state index contributed by atoms with van der Waals surface area (Å²) >= 11 is 11.8. The van der Waals surface area contributed by atoms with E-state index < -0.39 is 18.1 Å². The van der Waals surface area contributed by atoms with Gasteiger partial charge < -0.3 is 15.2 Å². The molecule has 6 nitrogen and oxygen atoms in total. The lowest BCUT2D eigenvalue weighted by atomic mass is 9.74. The number of aliphatic hydroxyl groups is 1. The van der Waals surface area contributed by atoms with E-state index in [2.05, 4.69) is 15.3 Å². The smallest absolute Gasteiger partial charge is 0.230 e. The Morgan fingerprint density at radius 3 is 2.88 bits per heavy atom. The van der Waals surface area contributed by atoms with Gasteiger partial charge in [-0.1, -0.05) is 23.2 Å². The number of amides is 1. The average Bonchev–Trinajstić information content (AvgIpc) is 3.15. The van der Waals surface area contributed by atoms with Crippen molar-refractivity contribution in [3.05, 3.63) is 52.0 Å². The molecule has 136 valence electrons. The Hall–Kier alpha value is -1.73. The standard InChI is InChI=1S/C18H17Cl2N3O3/c1-8-4-9(2-3-21-8)14-15(13-6-12(24)16(14)26-13)18(25)23-10-5-11(19)17(20)22-7-10/h2-5,7,12-16,24H,6H2,1H3,(H,23,25)/t12-,13+,14+,15-,16-/m0/s1. The van der Waals surface area contributed by atoms with Gasteiger partial charge in [-0.25, -0.2) is 4.98 Å². The molecule has 2 aliphatic rings. The van der Waals surface area contributed by atoms with Crippen molar-refractivity contribution in [3.8, 4) is 0 Å². The zero-order valence-electron chi connectivity index (χ0n) is 13.9. The summed E-state index contributed by atoms with van der Waals surface area (Å²) in [5, 5.41) is 13.6. The number of hydrogen-bond acceptors (Lipinski definition) is 5. The van der Waals surface area contributed by atoms with Crippen LogP contribution in [0.2, 0.25) is 10.2 Å². The summed E-state index contributed by atoms with van der Waals surface area (Å²) in [6, 6.07) is 5.36. The Kier molecular flexibility index (Phi) is 4.61. The molecule has 2 saturated heterocycles. The number of hydrogen-bond donors (Lipinski definition) is 2. The van der Waals surface area contributed by atoms with Crippen molar-refractivity contribution in [1.29, 1.82) is 0 Å². The number of carbonyl (C=O) groups excluding carboxylic acids is 1. The minimum atomic E-state index is -0.575. The Morgan fingerprint density at radius 1 is 1.35 bits per heavy atom. The van der Waals surface area contributed by atoms with Gasteiger partial charge in [0.25, 0.3) is 0 Å². The number of nitrogens with zero attached hydrogens (tertiary/aromatic N) is 2. The molecule has 0 saturated carbocycles. The van der Waals surface area contributed by atoms with Crippen LogP contribution in [0.5, 0.6) is 0 Å². The molecule has 2 aromatic heterocycles. The van der Waals surface area contributed by atoms with Gasteiger partial charge in [0, 0.05) is 24.2 Å². The third-order valence-electron chi connectivity index (χ3n) is 5.00. The SMILES string of the molecule is Cc1cc([C@H]2[C@H]3O[C@H](C[C@@H]3O)[C@@H]2C(=O)Nc2cnc(Cl)c(Cl)c2)ccn1. The second-order valence-electron chi connectivity index (χ2n) is 6.71. The lowest BCUT2D eigenvalue weighted by molar-refractivity contribution is -0.121. The third kappa shape index (κ3) is 3.07. The zero-order valence-corrected chi connectivity index (χ0v) is 15.4. The molecule has 26 heavy (non-hydrogen) atoms. The number of aromatic nitrogens is 2. The highest BCUT2D eigenvalue weighted by Gasteiger charge is 2.56. The van der Waals surface area contributed by atoms with E-state index in [0.29, 0.717) is 12.1 Å². The zero-order chi connectivity index (χ0) is 18.4. The molecule has 4 heterocycles. The number of rotatable bonds is 3. The van der Waals surface area contributed by atoms with Gasteiger partial charge in [-0.2, -0.15) is 0 Å². The topological polar surface area (TPSA) is 84.3 Å². The van der Waals surface area contributed by atoms with Crippen molar-refractivity contribution in [2.24, 2.45) is 5.92 Å². The summed E-state index contributed by atoms with van der Waals surface area (Å²) in [6.45, 7) is 1.89. The van der Waals surface area contributed by atoms with Gasteiger partial charge >= 0.3 is 0 Å². The van der Waals surface area contributed by atoms with Gasteiger partial charge in [-0.05, 0) is 30.7 Å². The maximum atomic E-state index is 13.0. The second kappa shape index (κ2) is 6.78. The van der Waals surface area contributed by atoms with Gasteiger partial charge in [0.15, 0.2) is 0 Å². The van der Waals surface area contributed by atoms with E-state index >= 15 is 0 Å². The predicted molar refractivity (Wildman–Crippen MR) is 97.4 cm³/mol. The van der Waals surface area contributed by atoms with Crippen LogP contribution in [0.15, 0.2) is 30.6 Å². The van der Waals surface area contributed by atoms with Crippen LogP contribution in [0.25, 0.3) is 0 Å². The molecule has 0 spiro atoms. The van der Waals surface area contributed by atoms with Crippen LogP contribution in [0.4, 0.5) is 5.69 Å². The van der Waals surface area contributed by atoms with E-state index in [0.717, 1.165) is 11.3 Å². The van der Waals surface area contributed by atoms with Gasteiger partial charge in [0.2, 0.25) is 5.91 Å². The molecule has 0 radical (unpaired) electrons. The molecule has 2 aliphatic heterocycles. The fourth-order valence-corrected chi connectivity index (χ4v) is 4.20. The molecule has 2 aromatic rings. The highest BCUT2D eigenvalue weighted by Crippen LogP contribution is 2.49. The molecule has 1 amide bonds. The van der Waals surface area contributed by atoms with E-state index in [1.165, 1.54) is 6.20 Å². The van der Waals surface area contributed by atoms with Crippen LogP contribution in [-0.4, -0.2) is 39.3 Å². The van der Waals surface area contributed by atoms with Crippen LogP contribution in [0.1, 0.15) is 23.6 Å². The van der Waals surface area contributed by atoms with E-state index in [-0.39, 0.29) is 28.1 Å². The summed E-state index contributed by atoms with van der Waals surface area (Å²) in [5.41, 5.74) is 2.26. The number of pyridine rings is 2. The van der Waals surface area contributed by atoms with Crippen molar-refractivity contribution < 1.29 is 14.6 Å². The normalized spacial score (nSPS) is 29.8. The lowest BCUT2D eigenvalue weighted by Gasteiger charge is -2.30. The fourth-order valence-electron chi connectivity index (χ4n) is 3.93. The molecule has 0 unspecified atom stereocenters. The Bertz CT molecular complexity index is 863. The quantitative estimate of drug-likeness (QED) is 0.782. The summed E-state index contributed by atoms with van der Waals surface area (Å²) in [4.78, 5) is 21.1. The van der Waals surface area contributed by atoms with Crippen LogP contribution in [-0.2, 0) is 9.53 Å². The molecule has 0 aliphatic carbocycles. The van der Waals surface area contributed by atoms with E-state index in [1.807, 2.05) is 19.1 Å².